The molecular formula is C15H25N3O5S2. The Labute approximate surface area is 154 Å². The Bertz CT molecular complexity index is 484. The second kappa shape index (κ2) is 12.0. The number of nitrogens with two attached hydrogens (primary N) is 1. The third-order valence-corrected chi connectivity index (χ3v) is 6.66. The van der Waals surface area contributed by atoms with Crippen molar-refractivity contribution in [1.29, 1.82) is 0 Å². The van der Waals surface area contributed by atoms with Crippen molar-refractivity contribution in [2.45, 2.75) is 56.2 Å². The first kappa shape index (κ1) is 21.6. The average Bonchev–Trinajstić information content (AvgIpc) is 3.06. The van der Waals surface area contributed by atoms with E-state index in [2.05, 4.69) is 10.6 Å². The van der Waals surface area contributed by atoms with Crippen LogP contribution in [0.25, 0.3) is 0 Å². The summed E-state index contributed by atoms with van der Waals surface area (Å²) in [6.45, 7) is -0.543. The molecule has 0 bridgehead atoms. The average molecular weight is 392 g/mol. The van der Waals surface area contributed by atoms with E-state index in [0.717, 1.165) is 19.3 Å². The van der Waals surface area contributed by atoms with Gasteiger partial charge in [-0.15, -0.1) is 0 Å². The van der Waals surface area contributed by atoms with Gasteiger partial charge in [0, 0.05) is 23.8 Å². The molecule has 0 aromatic carbocycles. The standard InChI is InChI=1S/C15H25N3O5S2/c16-12(19)6-5-11(15(23)17-9-14(21)22)18-13(20)4-2-1-3-10-7-8-24-25-10/h10-11H,1-9H2,(H2,16,19)(H,17,23)(H,18,20)(H,21,22)/t10-,11-/m0/s1. The first-order chi connectivity index (χ1) is 11.9. The quantitative estimate of drug-likeness (QED) is 0.283. The molecular weight excluding hydrogens is 366 g/mol. The SMILES string of the molecule is NC(=O)CC[C@H](NC(=O)CCCC[C@H]1CCSS1)C(=O)NCC(=O)O. The molecule has 3 amide bonds. The zero-order valence-electron chi connectivity index (χ0n) is 14.0. The summed E-state index contributed by atoms with van der Waals surface area (Å²) in [4.78, 5) is 45.4. The first-order valence-corrected chi connectivity index (χ1v) is 10.6. The number of hydrogen-bond donors (Lipinski definition) is 4. The number of carbonyl (C=O) groups excluding carboxylic acids is 3. The molecule has 10 heteroatoms. The second-order valence-corrected chi connectivity index (χ2v) is 8.60. The van der Waals surface area contributed by atoms with Crippen LogP contribution in [0.1, 0.15) is 44.9 Å². The molecule has 0 aromatic rings. The molecule has 0 aromatic heterocycles. The third-order valence-electron chi connectivity index (χ3n) is 3.65. The van der Waals surface area contributed by atoms with Crippen molar-refractivity contribution in [2.75, 3.05) is 12.3 Å². The van der Waals surface area contributed by atoms with Crippen LogP contribution in [0.4, 0.5) is 0 Å². The fraction of sp³-hybridized carbons (Fsp3) is 0.733. The summed E-state index contributed by atoms with van der Waals surface area (Å²) < 4.78 is 0. The van der Waals surface area contributed by atoms with Gasteiger partial charge in [0.2, 0.25) is 17.7 Å². The lowest BCUT2D eigenvalue weighted by Gasteiger charge is -2.17. The molecule has 1 aliphatic rings. The van der Waals surface area contributed by atoms with Crippen molar-refractivity contribution in [3.05, 3.63) is 0 Å². The Morgan fingerprint density at radius 2 is 1.96 bits per heavy atom. The van der Waals surface area contributed by atoms with Crippen LogP contribution in [0.2, 0.25) is 0 Å². The van der Waals surface area contributed by atoms with E-state index < -0.39 is 30.4 Å². The Kier molecular flexibility index (Phi) is 10.4. The minimum Gasteiger partial charge on any atom is -0.480 e. The maximum absolute atomic E-state index is 12.0. The number of rotatable bonds is 12. The Hall–Kier alpha value is -1.42. The Morgan fingerprint density at radius 1 is 1.20 bits per heavy atom. The van der Waals surface area contributed by atoms with Gasteiger partial charge >= 0.3 is 5.97 Å². The lowest BCUT2D eigenvalue weighted by atomic mass is 10.1. The fourth-order valence-electron chi connectivity index (χ4n) is 2.33. The molecule has 1 fully saturated rings. The van der Waals surface area contributed by atoms with Gasteiger partial charge in [0.1, 0.15) is 12.6 Å². The molecule has 8 nitrogen and oxygen atoms in total. The molecule has 0 aliphatic carbocycles. The van der Waals surface area contributed by atoms with Gasteiger partial charge in [-0.25, -0.2) is 0 Å². The predicted molar refractivity (Wildman–Crippen MR) is 97.9 cm³/mol. The van der Waals surface area contributed by atoms with Crippen molar-refractivity contribution >= 4 is 45.3 Å². The van der Waals surface area contributed by atoms with Crippen molar-refractivity contribution in [1.82, 2.24) is 10.6 Å². The highest BCUT2D eigenvalue weighted by Gasteiger charge is 2.22. The molecule has 2 atom stereocenters. The van der Waals surface area contributed by atoms with Crippen LogP contribution in [0.3, 0.4) is 0 Å². The fourth-order valence-corrected chi connectivity index (χ4v) is 5.36. The smallest absolute Gasteiger partial charge is 0.322 e. The van der Waals surface area contributed by atoms with E-state index in [-0.39, 0.29) is 18.7 Å². The molecule has 0 saturated carbocycles. The van der Waals surface area contributed by atoms with Crippen molar-refractivity contribution in [2.24, 2.45) is 5.73 Å². The minimum absolute atomic E-state index is 0.0441. The van der Waals surface area contributed by atoms with Gasteiger partial charge in [-0.05, 0) is 25.7 Å². The number of primary amides is 1. The van der Waals surface area contributed by atoms with E-state index in [1.807, 2.05) is 21.6 Å². The number of aliphatic carboxylic acids is 1. The van der Waals surface area contributed by atoms with E-state index >= 15 is 0 Å². The van der Waals surface area contributed by atoms with E-state index in [1.54, 1.807) is 0 Å². The summed E-state index contributed by atoms with van der Waals surface area (Å²) in [7, 11) is 3.79. The summed E-state index contributed by atoms with van der Waals surface area (Å²) in [5, 5.41) is 14.0. The summed E-state index contributed by atoms with van der Waals surface area (Å²) in [5.41, 5.74) is 5.07. The van der Waals surface area contributed by atoms with Crippen molar-refractivity contribution in [3.63, 3.8) is 0 Å². The van der Waals surface area contributed by atoms with E-state index in [9.17, 15) is 19.2 Å². The molecule has 25 heavy (non-hydrogen) atoms. The van der Waals surface area contributed by atoms with Gasteiger partial charge in [-0.2, -0.15) is 0 Å². The highest BCUT2D eigenvalue weighted by molar-refractivity contribution is 8.77. The maximum atomic E-state index is 12.0. The maximum Gasteiger partial charge on any atom is 0.322 e. The molecule has 1 aliphatic heterocycles. The zero-order chi connectivity index (χ0) is 18.7. The highest BCUT2D eigenvalue weighted by Crippen LogP contribution is 2.39. The molecule has 0 radical (unpaired) electrons. The summed E-state index contributed by atoms with van der Waals surface area (Å²) in [6.07, 6.45) is 4.24. The summed E-state index contributed by atoms with van der Waals surface area (Å²) >= 11 is 0. The van der Waals surface area contributed by atoms with Crippen LogP contribution >= 0.6 is 21.6 Å². The van der Waals surface area contributed by atoms with Gasteiger partial charge in [-0.1, -0.05) is 28.0 Å². The largest absolute Gasteiger partial charge is 0.480 e. The normalized spacial score (nSPS) is 17.7. The number of carboxylic acids is 1. The number of carboxylic acid groups (broad SMARTS) is 1. The van der Waals surface area contributed by atoms with E-state index in [1.165, 1.54) is 12.2 Å². The van der Waals surface area contributed by atoms with Crippen LogP contribution in [0.15, 0.2) is 0 Å². The van der Waals surface area contributed by atoms with E-state index in [0.29, 0.717) is 11.7 Å². The number of amides is 3. The third kappa shape index (κ3) is 10.2. The van der Waals surface area contributed by atoms with Gasteiger partial charge in [-0.3, -0.25) is 19.2 Å². The number of carbonyl (C=O) groups is 4. The predicted octanol–water partition coefficient (Wildman–Crippen LogP) is 0.652. The van der Waals surface area contributed by atoms with Crippen molar-refractivity contribution < 1.29 is 24.3 Å². The van der Waals surface area contributed by atoms with Crippen LogP contribution in [-0.2, 0) is 19.2 Å². The number of unbranched alkanes of at least 4 members (excludes halogenated alkanes) is 1. The zero-order valence-corrected chi connectivity index (χ0v) is 15.6. The number of nitrogens with one attached hydrogen (secondary N) is 2. The number of hydrogen-bond acceptors (Lipinski definition) is 6. The highest BCUT2D eigenvalue weighted by atomic mass is 33.1. The summed E-state index contributed by atoms with van der Waals surface area (Å²) in [6, 6.07) is -0.957. The van der Waals surface area contributed by atoms with Crippen molar-refractivity contribution in [3.8, 4) is 0 Å². The monoisotopic (exact) mass is 391 g/mol. The molecule has 142 valence electrons. The molecule has 1 saturated heterocycles. The second-order valence-electron chi connectivity index (χ2n) is 5.81. The van der Waals surface area contributed by atoms with Crippen LogP contribution in [0.5, 0.6) is 0 Å². The molecule has 1 heterocycles. The van der Waals surface area contributed by atoms with Crippen LogP contribution in [-0.4, -0.2) is 52.4 Å². The molecule has 0 spiro atoms. The molecule has 1 rings (SSSR count). The van der Waals surface area contributed by atoms with Crippen LogP contribution in [0, 0.1) is 0 Å². The Morgan fingerprint density at radius 3 is 2.56 bits per heavy atom. The Balaban J connectivity index is 2.34. The topological polar surface area (TPSA) is 139 Å². The van der Waals surface area contributed by atoms with Gasteiger partial charge in [0.25, 0.3) is 0 Å². The van der Waals surface area contributed by atoms with E-state index in [4.69, 9.17) is 10.8 Å². The van der Waals surface area contributed by atoms with Crippen LogP contribution < -0.4 is 16.4 Å². The lowest BCUT2D eigenvalue weighted by Crippen LogP contribution is -2.48. The molecule has 0 unspecified atom stereocenters. The van der Waals surface area contributed by atoms with Gasteiger partial charge < -0.3 is 21.5 Å². The minimum atomic E-state index is -1.18. The summed E-state index contributed by atoms with van der Waals surface area (Å²) in [5.74, 6) is -1.50. The lowest BCUT2D eigenvalue weighted by molar-refractivity contribution is -0.138. The first-order valence-electron chi connectivity index (χ1n) is 8.24. The van der Waals surface area contributed by atoms with Gasteiger partial charge in [0.15, 0.2) is 0 Å². The molecule has 5 N–H and O–H groups in total. The van der Waals surface area contributed by atoms with Gasteiger partial charge in [0.05, 0.1) is 0 Å².